The van der Waals surface area contributed by atoms with Gasteiger partial charge in [-0.25, -0.2) is 9.59 Å². The molecule has 0 bridgehead atoms. The van der Waals surface area contributed by atoms with Crippen LogP contribution in [0.15, 0.2) is 41.3 Å². The van der Waals surface area contributed by atoms with Crippen LogP contribution in [0.3, 0.4) is 0 Å². The number of rotatable bonds is 7. The Morgan fingerprint density at radius 1 is 1.29 bits per heavy atom. The van der Waals surface area contributed by atoms with E-state index < -0.39 is 42.3 Å². The van der Waals surface area contributed by atoms with E-state index in [1.807, 2.05) is 6.92 Å². The minimum absolute atomic E-state index is 0.0287. The number of carboxylic acids is 1. The van der Waals surface area contributed by atoms with Gasteiger partial charge in [0.1, 0.15) is 12.3 Å². The lowest BCUT2D eigenvalue weighted by molar-refractivity contribution is -0.133. The number of carbonyl (C=O) groups is 4. The molecule has 3 N–H and O–H groups in total. The van der Waals surface area contributed by atoms with Crippen molar-refractivity contribution in [2.45, 2.75) is 30.7 Å². The van der Waals surface area contributed by atoms with Crippen LogP contribution in [0.4, 0.5) is 4.79 Å². The summed E-state index contributed by atoms with van der Waals surface area (Å²) in [7, 11) is 1.50. The summed E-state index contributed by atoms with van der Waals surface area (Å²) in [6, 6.07) is 8.19. The molecule has 186 valence electrons. The molecule has 1 heterocycles. The third-order valence-corrected chi connectivity index (χ3v) is 6.21. The van der Waals surface area contributed by atoms with E-state index in [1.165, 1.54) is 19.2 Å². The summed E-state index contributed by atoms with van der Waals surface area (Å²) in [6.45, 7) is 1.43. The van der Waals surface area contributed by atoms with E-state index in [2.05, 4.69) is 23.3 Å². The highest BCUT2D eigenvalue weighted by Gasteiger charge is 2.35. The topological polar surface area (TPSA) is 125 Å². The number of carboxylic acid groups (broad SMARTS) is 1. The first-order valence-electron chi connectivity index (χ1n) is 10.9. The van der Waals surface area contributed by atoms with Crippen molar-refractivity contribution < 1.29 is 29.0 Å². The van der Waals surface area contributed by atoms with Crippen molar-refractivity contribution in [3.05, 3.63) is 58.1 Å². The molecule has 0 radical (unpaired) electrons. The number of carbonyl (C=O) groups excluding carboxylic acids is 3. The molecule has 0 aromatic heterocycles. The smallest absolute Gasteiger partial charge is 0.335 e. The number of nitrogens with zero attached hydrogens (tertiary/aromatic N) is 1. The summed E-state index contributed by atoms with van der Waals surface area (Å²) in [5, 5.41) is 15.2. The Morgan fingerprint density at radius 2 is 2.03 bits per heavy atom. The lowest BCUT2D eigenvalue weighted by Gasteiger charge is -2.26. The second-order valence-electron chi connectivity index (χ2n) is 8.11. The number of methoxy groups -OCH3 is 1. The Balaban J connectivity index is 1.83. The van der Waals surface area contributed by atoms with Crippen LogP contribution in [0.25, 0.3) is 0 Å². The van der Waals surface area contributed by atoms with Crippen molar-refractivity contribution in [3.63, 3.8) is 0 Å². The number of hydrogen-bond donors (Lipinski definition) is 4. The van der Waals surface area contributed by atoms with Gasteiger partial charge in [-0.3, -0.25) is 14.5 Å². The van der Waals surface area contributed by atoms with Gasteiger partial charge in [-0.05, 0) is 60.4 Å². The number of hydrogen-bond acceptors (Lipinski definition) is 6. The Hall–Kier alpha value is -3.24. The highest BCUT2D eigenvalue weighted by atomic mass is 35.5. The van der Waals surface area contributed by atoms with Crippen molar-refractivity contribution in [3.8, 4) is 5.75 Å². The van der Waals surface area contributed by atoms with E-state index in [1.54, 1.807) is 24.3 Å². The van der Waals surface area contributed by atoms with Crippen LogP contribution < -0.4 is 15.4 Å². The third kappa shape index (κ3) is 6.46. The molecule has 3 rings (SSSR count). The Kier molecular flexibility index (Phi) is 8.63. The van der Waals surface area contributed by atoms with Gasteiger partial charge >= 0.3 is 12.0 Å². The molecule has 4 amide bonds. The Morgan fingerprint density at radius 3 is 2.69 bits per heavy atom. The fraction of sp³-hybridized carbons (Fsp3) is 0.333. The van der Waals surface area contributed by atoms with Crippen molar-refractivity contribution in [1.29, 1.82) is 0 Å². The molecule has 0 saturated carbocycles. The molecule has 2 aromatic carbocycles. The molecule has 9 nitrogen and oxygen atoms in total. The maximum Gasteiger partial charge on any atom is 0.335 e. The Bertz CT molecular complexity index is 1160. The van der Waals surface area contributed by atoms with Gasteiger partial charge in [-0.2, -0.15) is 0 Å². The molecule has 0 unspecified atom stereocenters. The minimum atomic E-state index is -1.12. The number of thiol groups is 1. The van der Waals surface area contributed by atoms with Gasteiger partial charge in [-0.1, -0.05) is 18.5 Å². The van der Waals surface area contributed by atoms with Gasteiger partial charge in [0.15, 0.2) is 0 Å². The van der Waals surface area contributed by atoms with Crippen molar-refractivity contribution >= 4 is 48.0 Å². The minimum Gasteiger partial charge on any atom is -0.496 e. The molecule has 1 saturated heterocycles. The number of benzene rings is 2. The number of aromatic carboxylic acids is 1. The first-order chi connectivity index (χ1) is 16.6. The fourth-order valence-electron chi connectivity index (χ4n) is 3.93. The van der Waals surface area contributed by atoms with Crippen LogP contribution in [0.2, 0.25) is 5.02 Å². The van der Waals surface area contributed by atoms with Crippen LogP contribution in [0.1, 0.15) is 40.9 Å². The fourth-order valence-corrected chi connectivity index (χ4v) is 4.42. The van der Waals surface area contributed by atoms with Gasteiger partial charge < -0.3 is 20.5 Å². The summed E-state index contributed by atoms with van der Waals surface area (Å²) < 4.78 is 5.36. The SMILES string of the molecule is CC[C@@H](NC(=O)N1CC(=O)NC[C@@H](Cc2cc(Cl)ccc2OC)C1=O)c1cc(S)cc(C(=O)O)c1. The highest BCUT2D eigenvalue weighted by molar-refractivity contribution is 7.80. The van der Waals surface area contributed by atoms with Crippen LogP contribution >= 0.6 is 24.2 Å². The monoisotopic (exact) mass is 519 g/mol. The predicted molar refractivity (Wildman–Crippen MR) is 132 cm³/mol. The van der Waals surface area contributed by atoms with Gasteiger partial charge in [-0.15, -0.1) is 12.6 Å². The zero-order valence-corrected chi connectivity index (χ0v) is 20.9. The summed E-state index contributed by atoms with van der Waals surface area (Å²) in [5.41, 5.74) is 1.23. The quantitative estimate of drug-likeness (QED) is 0.416. The second-order valence-corrected chi connectivity index (χ2v) is 9.07. The predicted octanol–water partition coefficient (Wildman–Crippen LogP) is 3.31. The number of ether oxygens (including phenoxy) is 1. The average molecular weight is 520 g/mol. The van der Waals surface area contributed by atoms with Crippen LogP contribution in [-0.4, -0.2) is 54.0 Å². The van der Waals surface area contributed by atoms with Crippen LogP contribution in [-0.2, 0) is 16.0 Å². The van der Waals surface area contributed by atoms with E-state index in [9.17, 15) is 24.3 Å². The molecule has 2 atom stereocenters. The molecular formula is C24H26ClN3O6S. The van der Waals surface area contributed by atoms with E-state index in [4.69, 9.17) is 16.3 Å². The molecule has 11 heteroatoms. The maximum absolute atomic E-state index is 13.3. The average Bonchev–Trinajstić information content (AvgIpc) is 2.95. The normalized spacial score (nSPS) is 16.8. The summed E-state index contributed by atoms with van der Waals surface area (Å²) >= 11 is 10.4. The molecule has 1 aliphatic rings. The van der Waals surface area contributed by atoms with Crippen LogP contribution in [0, 0.1) is 5.92 Å². The molecule has 1 fully saturated rings. The van der Waals surface area contributed by atoms with Gasteiger partial charge in [0, 0.05) is 16.5 Å². The molecule has 0 spiro atoms. The highest BCUT2D eigenvalue weighted by Crippen LogP contribution is 2.27. The van der Waals surface area contributed by atoms with E-state index in [0.717, 1.165) is 4.90 Å². The Labute approximate surface area is 213 Å². The molecule has 2 aromatic rings. The summed E-state index contributed by atoms with van der Waals surface area (Å²) in [6.07, 6.45) is 0.618. The van der Waals surface area contributed by atoms with Gasteiger partial charge in [0.25, 0.3) is 0 Å². The van der Waals surface area contributed by atoms with Crippen molar-refractivity contribution in [2.24, 2.45) is 5.92 Å². The molecule has 1 aliphatic heterocycles. The number of halogens is 1. The lowest BCUT2D eigenvalue weighted by Crippen LogP contribution is -2.48. The number of amides is 4. The lowest BCUT2D eigenvalue weighted by atomic mass is 9.97. The second kappa shape index (κ2) is 11.5. The molecule has 0 aliphatic carbocycles. The first-order valence-corrected chi connectivity index (χ1v) is 11.7. The van der Waals surface area contributed by atoms with Crippen LogP contribution in [0.5, 0.6) is 5.75 Å². The third-order valence-electron chi connectivity index (χ3n) is 5.71. The number of urea groups is 1. The zero-order chi connectivity index (χ0) is 25.7. The van der Waals surface area contributed by atoms with E-state index in [-0.39, 0.29) is 18.5 Å². The van der Waals surface area contributed by atoms with Crippen molar-refractivity contribution in [2.75, 3.05) is 20.2 Å². The number of imide groups is 1. The molecular weight excluding hydrogens is 494 g/mol. The maximum atomic E-state index is 13.3. The molecule has 35 heavy (non-hydrogen) atoms. The van der Waals surface area contributed by atoms with Gasteiger partial charge in [0.2, 0.25) is 11.8 Å². The summed E-state index contributed by atoms with van der Waals surface area (Å²) in [4.78, 5) is 51.5. The van der Waals surface area contributed by atoms with Crippen molar-refractivity contribution in [1.82, 2.24) is 15.5 Å². The standard InChI is InChI=1S/C24H26ClN3O6S/c1-3-19(13-6-15(23(31)32)10-18(35)9-13)27-24(33)28-12-21(29)26-11-16(22(28)30)7-14-8-17(25)4-5-20(14)34-2/h4-6,8-10,16,19,35H,3,7,11-12H2,1-2H3,(H,26,29)(H,27,33)(H,31,32)/t16-,19-/m1/s1. The summed E-state index contributed by atoms with van der Waals surface area (Å²) in [5.74, 6) is -2.29. The largest absolute Gasteiger partial charge is 0.496 e. The first kappa shape index (κ1) is 26.4. The zero-order valence-electron chi connectivity index (χ0n) is 19.2. The van der Waals surface area contributed by atoms with E-state index >= 15 is 0 Å². The van der Waals surface area contributed by atoms with Gasteiger partial charge in [0.05, 0.1) is 24.6 Å². The van der Waals surface area contributed by atoms with E-state index in [0.29, 0.717) is 33.2 Å². The number of nitrogens with one attached hydrogen (secondary N) is 2.